The molecule has 3 rings (SSSR count). The van der Waals surface area contributed by atoms with Crippen molar-refractivity contribution in [3.05, 3.63) is 26.4 Å². The second-order valence-corrected chi connectivity index (χ2v) is 7.18. The molecule has 0 aromatic carbocycles. The molecule has 2 bridgehead atoms. The Labute approximate surface area is 141 Å². The minimum atomic E-state index is -0.509. The predicted octanol–water partition coefficient (Wildman–Crippen LogP) is 0.407. The molecule has 0 radical (unpaired) electrons. The van der Waals surface area contributed by atoms with Gasteiger partial charge >= 0.3 is 5.69 Å². The summed E-state index contributed by atoms with van der Waals surface area (Å²) in [5.41, 5.74) is -0.830. The van der Waals surface area contributed by atoms with Gasteiger partial charge in [0.15, 0.2) is 5.56 Å². The van der Waals surface area contributed by atoms with Gasteiger partial charge in [-0.3, -0.25) is 18.8 Å². The first-order valence-electron chi connectivity index (χ1n) is 8.59. The molecule has 24 heavy (non-hydrogen) atoms. The maximum absolute atomic E-state index is 12.3. The van der Waals surface area contributed by atoms with Crippen LogP contribution in [0.15, 0.2) is 9.59 Å². The third-order valence-electron chi connectivity index (χ3n) is 5.48. The highest BCUT2D eigenvalue weighted by Crippen LogP contribution is 2.33. The molecule has 7 heteroatoms. The quantitative estimate of drug-likeness (QED) is 0.784. The predicted molar refractivity (Wildman–Crippen MR) is 92.3 cm³/mol. The lowest BCUT2D eigenvalue weighted by Crippen LogP contribution is -2.46. The maximum Gasteiger partial charge on any atom is 0.332 e. The first-order valence-corrected chi connectivity index (χ1v) is 8.59. The van der Waals surface area contributed by atoms with Crippen molar-refractivity contribution in [1.82, 2.24) is 14.0 Å². The average molecular weight is 331 g/mol. The van der Waals surface area contributed by atoms with Gasteiger partial charge in [-0.05, 0) is 33.1 Å². The van der Waals surface area contributed by atoms with E-state index < -0.39 is 5.56 Å². The number of aromatic nitrogens is 2. The van der Waals surface area contributed by atoms with E-state index in [0.717, 1.165) is 30.5 Å². The lowest BCUT2D eigenvalue weighted by molar-refractivity contribution is 0.158. The van der Waals surface area contributed by atoms with Gasteiger partial charge < -0.3 is 4.90 Å². The van der Waals surface area contributed by atoms with Crippen LogP contribution in [0.3, 0.4) is 0 Å². The third-order valence-corrected chi connectivity index (χ3v) is 5.48. The summed E-state index contributed by atoms with van der Waals surface area (Å²) < 4.78 is 2.45. The van der Waals surface area contributed by atoms with Crippen molar-refractivity contribution in [3.8, 4) is 6.07 Å². The van der Waals surface area contributed by atoms with Crippen LogP contribution in [0.1, 0.15) is 38.7 Å². The molecule has 0 spiro atoms. The Morgan fingerprint density at radius 2 is 1.75 bits per heavy atom. The number of hydrogen-bond acceptors (Lipinski definition) is 5. The normalized spacial score (nSPS) is 24.2. The van der Waals surface area contributed by atoms with Crippen molar-refractivity contribution in [2.75, 3.05) is 18.0 Å². The largest absolute Gasteiger partial charge is 0.355 e. The molecular weight excluding hydrogens is 306 g/mol. The van der Waals surface area contributed by atoms with Crippen molar-refractivity contribution in [2.24, 2.45) is 14.1 Å². The van der Waals surface area contributed by atoms with Crippen molar-refractivity contribution in [2.45, 2.75) is 51.2 Å². The van der Waals surface area contributed by atoms with Gasteiger partial charge in [-0.15, -0.1) is 0 Å². The number of nitriles is 1. The molecule has 1 aromatic heterocycles. The lowest BCUT2D eigenvalue weighted by Gasteiger charge is -2.33. The van der Waals surface area contributed by atoms with Gasteiger partial charge in [0.25, 0.3) is 5.56 Å². The van der Waals surface area contributed by atoms with Crippen LogP contribution in [0.2, 0.25) is 0 Å². The lowest BCUT2D eigenvalue weighted by atomic mass is 10.1. The van der Waals surface area contributed by atoms with Crippen LogP contribution in [-0.2, 0) is 14.1 Å². The fraction of sp³-hybridized carbons (Fsp3) is 0.706. The van der Waals surface area contributed by atoms with Crippen molar-refractivity contribution < 1.29 is 0 Å². The molecule has 2 fully saturated rings. The summed E-state index contributed by atoms with van der Waals surface area (Å²) in [7, 11) is 3.06. The van der Waals surface area contributed by atoms with E-state index in [-0.39, 0.29) is 11.3 Å². The van der Waals surface area contributed by atoms with E-state index in [1.165, 1.54) is 18.0 Å². The summed E-state index contributed by atoms with van der Waals surface area (Å²) in [4.78, 5) is 29.3. The van der Waals surface area contributed by atoms with E-state index in [9.17, 15) is 14.9 Å². The Morgan fingerprint density at radius 3 is 2.38 bits per heavy atom. The molecule has 0 unspecified atom stereocenters. The molecule has 2 atom stereocenters. The molecule has 2 saturated heterocycles. The van der Waals surface area contributed by atoms with Gasteiger partial charge in [0.1, 0.15) is 11.9 Å². The summed E-state index contributed by atoms with van der Waals surface area (Å²) >= 11 is 0. The van der Waals surface area contributed by atoms with Crippen LogP contribution < -0.4 is 16.1 Å². The Balaban J connectivity index is 2.07. The summed E-state index contributed by atoms with van der Waals surface area (Å²) in [6.07, 6.45) is 3.32. The standard InChI is InChI=1S/C17H25N5O2/c1-11(2)22-12-5-6-13(22)10-21(8-7-12)15-14(9-18)16(23)20(4)17(24)19(15)3/h11-13H,5-8,10H2,1-4H3/t12-,13-/m0/s1. The highest BCUT2D eigenvalue weighted by Gasteiger charge is 2.39. The zero-order valence-corrected chi connectivity index (χ0v) is 14.8. The Hall–Kier alpha value is -2.07. The second-order valence-electron chi connectivity index (χ2n) is 7.18. The van der Waals surface area contributed by atoms with Gasteiger partial charge in [-0.2, -0.15) is 5.26 Å². The molecular formula is C17H25N5O2. The van der Waals surface area contributed by atoms with Gasteiger partial charge in [0.05, 0.1) is 0 Å². The molecule has 2 aliphatic heterocycles. The molecule has 7 nitrogen and oxygen atoms in total. The summed E-state index contributed by atoms with van der Waals surface area (Å²) in [6, 6.07) is 3.45. The smallest absolute Gasteiger partial charge is 0.332 e. The molecule has 3 heterocycles. The van der Waals surface area contributed by atoms with Crippen LogP contribution in [0, 0.1) is 11.3 Å². The maximum atomic E-state index is 12.3. The van der Waals surface area contributed by atoms with Crippen molar-refractivity contribution in [3.63, 3.8) is 0 Å². The van der Waals surface area contributed by atoms with Crippen LogP contribution in [0.5, 0.6) is 0 Å². The molecule has 1 aromatic rings. The second kappa shape index (κ2) is 6.10. The number of rotatable bonds is 2. The van der Waals surface area contributed by atoms with Crippen LogP contribution in [-0.4, -0.2) is 45.2 Å². The third kappa shape index (κ3) is 2.46. The van der Waals surface area contributed by atoms with E-state index in [1.807, 2.05) is 6.07 Å². The number of hydrogen-bond donors (Lipinski definition) is 0. The fourth-order valence-corrected chi connectivity index (χ4v) is 4.45. The number of anilines is 1. The monoisotopic (exact) mass is 331 g/mol. The van der Waals surface area contributed by atoms with E-state index in [1.54, 1.807) is 7.05 Å². The molecule has 0 aliphatic carbocycles. The summed E-state index contributed by atoms with van der Waals surface area (Å²) in [5.74, 6) is 0.474. The van der Waals surface area contributed by atoms with E-state index in [0.29, 0.717) is 23.9 Å². The summed E-state index contributed by atoms with van der Waals surface area (Å²) in [6.45, 7) is 5.95. The highest BCUT2D eigenvalue weighted by molar-refractivity contribution is 5.54. The van der Waals surface area contributed by atoms with Crippen LogP contribution >= 0.6 is 0 Å². The number of fused-ring (bicyclic) bond motifs is 2. The topological polar surface area (TPSA) is 74.3 Å². The molecule has 0 saturated carbocycles. The average Bonchev–Trinajstić information content (AvgIpc) is 2.84. The molecule has 0 N–H and O–H groups in total. The zero-order valence-electron chi connectivity index (χ0n) is 14.8. The first-order chi connectivity index (χ1) is 11.4. The van der Waals surface area contributed by atoms with Gasteiger partial charge in [-0.25, -0.2) is 4.79 Å². The Kier molecular flexibility index (Phi) is 4.26. The highest BCUT2D eigenvalue weighted by atomic mass is 16.2. The fourth-order valence-electron chi connectivity index (χ4n) is 4.45. The van der Waals surface area contributed by atoms with Gasteiger partial charge in [0.2, 0.25) is 0 Å². The summed E-state index contributed by atoms with van der Waals surface area (Å²) in [5, 5.41) is 9.50. The minimum Gasteiger partial charge on any atom is -0.355 e. The van der Waals surface area contributed by atoms with Crippen LogP contribution in [0.4, 0.5) is 5.82 Å². The Bertz CT molecular complexity index is 801. The van der Waals surface area contributed by atoms with E-state index in [2.05, 4.69) is 23.6 Å². The van der Waals surface area contributed by atoms with Crippen molar-refractivity contribution >= 4 is 5.82 Å². The van der Waals surface area contributed by atoms with Gasteiger partial charge in [-0.1, -0.05) is 0 Å². The number of nitrogens with zero attached hydrogens (tertiary/aromatic N) is 5. The molecule has 0 amide bonds. The van der Waals surface area contributed by atoms with E-state index in [4.69, 9.17) is 0 Å². The van der Waals surface area contributed by atoms with E-state index >= 15 is 0 Å². The SMILES string of the molecule is CC(C)N1[C@H]2CC[C@H]1CN(c1c(C#N)c(=O)n(C)c(=O)n1C)CC2. The van der Waals surface area contributed by atoms with Crippen molar-refractivity contribution in [1.29, 1.82) is 5.26 Å². The van der Waals surface area contributed by atoms with Crippen LogP contribution in [0.25, 0.3) is 0 Å². The first kappa shape index (κ1) is 16.8. The molecule has 2 aliphatic rings. The Morgan fingerprint density at radius 1 is 1.08 bits per heavy atom. The minimum absolute atomic E-state index is 0.0634. The zero-order chi connectivity index (χ0) is 17.6. The molecule has 130 valence electrons. The van der Waals surface area contributed by atoms with Gasteiger partial charge in [0, 0.05) is 45.3 Å².